The van der Waals surface area contributed by atoms with E-state index in [1.807, 2.05) is 55.6 Å². The molecule has 6 heteroatoms. The number of aromatic nitrogens is 1. The molecule has 5 nitrogen and oxygen atoms in total. The number of nitrogens with zero attached hydrogens (tertiary/aromatic N) is 1. The van der Waals surface area contributed by atoms with Gasteiger partial charge in [0.1, 0.15) is 5.75 Å². The molecule has 0 radical (unpaired) electrons. The number of H-pyrrole nitrogens is 1. The van der Waals surface area contributed by atoms with E-state index in [1.165, 1.54) is 0 Å². The van der Waals surface area contributed by atoms with Crippen LogP contribution in [0.1, 0.15) is 11.1 Å². The van der Waals surface area contributed by atoms with E-state index in [-0.39, 0.29) is 12.5 Å². The van der Waals surface area contributed by atoms with Crippen LogP contribution in [0.2, 0.25) is 0 Å². The minimum absolute atomic E-state index is 0.0866. The van der Waals surface area contributed by atoms with Crippen LogP contribution >= 0.6 is 15.9 Å². The van der Waals surface area contributed by atoms with E-state index in [9.17, 15) is 4.79 Å². The van der Waals surface area contributed by atoms with Gasteiger partial charge in [-0.3, -0.25) is 4.79 Å². The molecule has 0 saturated heterocycles. The zero-order valence-corrected chi connectivity index (χ0v) is 14.6. The predicted molar refractivity (Wildman–Crippen MR) is 98.4 cm³/mol. The Hall–Kier alpha value is -2.60. The van der Waals surface area contributed by atoms with E-state index in [4.69, 9.17) is 4.74 Å². The van der Waals surface area contributed by atoms with E-state index in [1.54, 1.807) is 6.21 Å². The largest absolute Gasteiger partial charge is 0.483 e. The molecule has 2 aromatic carbocycles. The Bertz CT molecular complexity index is 902. The van der Waals surface area contributed by atoms with Gasteiger partial charge < -0.3 is 9.72 Å². The van der Waals surface area contributed by atoms with E-state index >= 15 is 0 Å². The maximum absolute atomic E-state index is 11.8. The van der Waals surface area contributed by atoms with Gasteiger partial charge in [0.15, 0.2) is 6.61 Å². The van der Waals surface area contributed by atoms with Gasteiger partial charge in [-0.05, 0) is 59.8 Å². The molecular formula is C18H16BrN3O2. The molecule has 0 aliphatic carbocycles. The van der Waals surface area contributed by atoms with Crippen LogP contribution in [0, 0.1) is 6.92 Å². The summed E-state index contributed by atoms with van der Waals surface area (Å²) in [6.07, 6.45) is 3.49. The number of carbonyl (C=O) groups excluding carboxylic acids is 1. The van der Waals surface area contributed by atoms with Crippen molar-refractivity contribution in [2.24, 2.45) is 5.10 Å². The van der Waals surface area contributed by atoms with Crippen LogP contribution in [0.25, 0.3) is 10.9 Å². The highest BCUT2D eigenvalue weighted by Crippen LogP contribution is 2.21. The first-order chi connectivity index (χ1) is 11.6. The van der Waals surface area contributed by atoms with Crippen molar-refractivity contribution in [3.63, 3.8) is 0 Å². The first-order valence-electron chi connectivity index (χ1n) is 7.40. The SMILES string of the molecule is Cc1cc(Br)ccc1OCC(=O)N/N=C/c1ccc2[nH]ccc2c1. The molecule has 0 fully saturated rings. The molecule has 2 N–H and O–H groups in total. The quantitative estimate of drug-likeness (QED) is 0.518. The molecule has 1 amide bonds. The van der Waals surface area contributed by atoms with Gasteiger partial charge in [0.05, 0.1) is 6.21 Å². The van der Waals surface area contributed by atoms with Crippen LogP contribution in [-0.2, 0) is 4.79 Å². The van der Waals surface area contributed by atoms with Crippen molar-refractivity contribution in [1.29, 1.82) is 0 Å². The third-order valence-electron chi connectivity index (χ3n) is 3.48. The second-order valence-electron chi connectivity index (χ2n) is 5.32. The molecule has 0 atom stereocenters. The summed E-state index contributed by atoms with van der Waals surface area (Å²) in [5, 5.41) is 5.06. The first-order valence-corrected chi connectivity index (χ1v) is 8.19. The average Bonchev–Trinajstić information content (AvgIpc) is 3.02. The number of hydrazone groups is 1. The number of amides is 1. The summed E-state index contributed by atoms with van der Waals surface area (Å²) in [7, 11) is 0. The van der Waals surface area contributed by atoms with Crippen LogP contribution in [0.4, 0.5) is 0 Å². The van der Waals surface area contributed by atoms with E-state index in [0.29, 0.717) is 5.75 Å². The molecule has 24 heavy (non-hydrogen) atoms. The molecule has 1 aromatic heterocycles. The van der Waals surface area contributed by atoms with Gasteiger partial charge in [0.25, 0.3) is 5.91 Å². The van der Waals surface area contributed by atoms with Crippen LogP contribution in [0.5, 0.6) is 5.75 Å². The number of aryl methyl sites for hydroxylation is 1. The number of ether oxygens (including phenoxy) is 1. The number of hydrogen-bond donors (Lipinski definition) is 2. The monoisotopic (exact) mass is 385 g/mol. The Morgan fingerprint density at radius 3 is 3.00 bits per heavy atom. The van der Waals surface area contributed by atoms with Crippen LogP contribution < -0.4 is 10.2 Å². The lowest BCUT2D eigenvalue weighted by Crippen LogP contribution is -2.24. The van der Waals surface area contributed by atoms with Crippen LogP contribution in [-0.4, -0.2) is 23.7 Å². The lowest BCUT2D eigenvalue weighted by Gasteiger charge is -2.08. The number of fused-ring (bicyclic) bond motifs is 1. The molecule has 3 aromatic rings. The minimum Gasteiger partial charge on any atom is -0.483 e. The number of hydrogen-bond acceptors (Lipinski definition) is 3. The van der Waals surface area contributed by atoms with Crippen molar-refractivity contribution >= 4 is 39.0 Å². The predicted octanol–water partition coefficient (Wildman–Crippen LogP) is 3.77. The number of nitrogens with one attached hydrogen (secondary N) is 2. The molecule has 3 rings (SSSR count). The minimum atomic E-state index is -0.309. The molecule has 1 heterocycles. The molecule has 0 aliphatic heterocycles. The third kappa shape index (κ3) is 4.02. The topological polar surface area (TPSA) is 66.5 Å². The standard InChI is InChI=1S/C18H16BrN3O2/c1-12-8-15(19)3-5-17(12)24-11-18(23)22-21-10-13-2-4-16-14(9-13)6-7-20-16/h2-10,20H,11H2,1H3,(H,22,23)/b21-10+. The number of carbonyl (C=O) groups is 1. The first kappa shape index (κ1) is 16.3. The van der Waals surface area contributed by atoms with Gasteiger partial charge in [0.2, 0.25) is 0 Å². The molecule has 0 bridgehead atoms. The molecule has 0 spiro atoms. The second kappa shape index (κ2) is 7.31. The lowest BCUT2D eigenvalue weighted by molar-refractivity contribution is -0.123. The second-order valence-corrected chi connectivity index (χ2v) is 6.23. The maximum atomic E-state index is 11.8. The third-order valence-corrected chi connectivity index (χ3v) is 3.97. The summed E-state index contributed by atoms with van der Waals surface area (Å²) in [6, 6.07) is 13.5. The van der Waals surface area contributed by atoms with Crippen molar-refractivity contribution in [2.75, 3.05) is 6.61 Å². The summed E-state index contributed by atoms with van der Waals surface area (Å²) in [4.78, 5) is 14.9. The fourth-order valence-electron chi connectivity index (χ4n) is 2.28. The van der Waals surface area contributed by atoms with Crippen molar-refractivity contribution < 1.29 is 9.53 Å². The summed E-state index contributed by atoms with van der Waals surface area (Å²) in [5.74, 6) is 0.367. The Balaban J connectivity index is 1.53. The van der Waals surface area contributed by atoms with Crippen molar-refractivity contribution in [2.45, 2.75) is 6.92 Å². The van der Waals surface area contributed by atoms with Crippen molar-refractivity contribution in [3.8, 4) is 5.75 Å². The number of rotatable bonds is 5. The fraction of sp³-hybridized carbons (Fsp3) is 0.111. The smallest absolute Gasteiger partial charge is 0.277 e. The Morgan fingerprint density at radius 1 is 1.29 bits per heavy atom. The zero-order valence-electron chi connectivity index (χ0n) is 13.0. The Morgan fingerprint density at radius 2 is 2.17 bits per heavy atom. The van der Waals surface area contributed by atoms with E-state index < -0.39 is 0 Å². The summed E-state index contributed by atoms with van der Waals surface area (Å²) in [6.45, 7) is 1.84. The van der Waals surface area contributed by atoms with Gasteiger partial charge >= 0.3 is 0 Å². The van der Waals surface area contributed by atoms with Gasteiger partial charge in [-0.1, -0.05) is 22.0 Å². The lowest BCUT2D eigenvalue weighted by atomic mass is 10.2. The summed E-state index contributed by atoms with van der Waals surface area (Å²) >= 11 is 3.39. The normalized spacial score (nSPS) is 11.1. The Kier molecular flexibility index (Phi) is 4.96. The van der Waals surface area contributed by atoms with Gasteiger partial charge in [-0.2, -0.15) is 5.10 Å². The van der Waals surface area contributed by atoms with Gasteiger partial charge in [-0.25, -0.2) is 5.43 Å². The summed E-state index contributed by atoms with van der Waals surface area (Å²) in [5.41, 5.74) is 5.39. The highest BCUT2D eigenvalue weighted by atomic mass is 79.9. The molecule has 0 saturated carbocycles. The molecule has 0 aliphatic rings. The van der Waals surface area contributed by atoms with Gasteiger partial charge in [0, 0.05) is 16.2 Å². The van der Waals surface area contributed by atoms with Gasteiger partial charge in [-0.15, -0.1) is 0 Å². The number of benzene rings is 2. The Labute approximate surface area is 147 Å². The van der Waals surface area contributed by atoms with Crippen LogP contribution in [0.3, 0.4) is 0 Å². The molecule has 122 valence electrons. The van der Waals surface area contributed by atoms with Crippen molar-refractivity contribution in [3.05, 3.63) is 64.3 Å². The highest BCUT2D eigenvalue weighted by Gasteiger charge is 2.04. The summed E-state index contributed by atoms with van der Waals surface area (Å²) < 4.78 is 6.47. The number of aromatic amines is 1. The molecular weight excluding hydrogens is 370 g/mol. The molecule has 0 unspecified atom stereocenters. The zero-order chi connectivity index (χ0) is 16.9. The van der Waals surface area contributed by atoms with E-state index in [2.05, 4.69) is 31.4 Å². The van der Waals surface area contributed by atoms with E-state index in [0.717, 1.165) is 26.5 Å². The van der Waals surface area contributed by atoms with Crippen LogP contribution in [0.15, 0.2) is 58.2 Å². The highest BCUT2D eigenvalue weighted by molar-refractivity contribution is 9.10. The fourth-order valence-corrected chi connectivity index (χ4v) is 2.76. The average molecular weight is 386 g/mol. The van der Waals surface area contributed by atoms with Crippen molar-refractivity contribution in [1.82, 2.24) is 10.4 Å². The number of halogens is 1. The maximum Gasteiger partial charge on any atom is 0.277 e.